The maximum absolute atomic E-state index is 12.3. The first-order chi connectivity index (χ1) is 18.7. The van der Waals surface area contributed by atoms with Crippen molar-refractivity contribution in [3.63, 3.8) is 0 Å². The van der Waals surface area contributed by atoms with Gasteiger partial charge in [0.25, 0.3) is 0 Å². The number of aliphatic hydroxyl groups excluding tert-OH is 2. The molecule has 0 saturated heterocycles. The molecule has 0 bridgehead atoms. The number of nitrogens with one attached hydrogen (secondary N) is 1. The number of unbranched alkanes of at least 4 members (excludes halogenated alkanes) is 18. The van der Waals surface area contributed by atoms with Gasteiger partial charge in [-0.2, -0.15) is 0 Å². The van der Waals surface area contributed by atoms with Gasteiger partial charge < -0.3 is 15.5 Å². The van der Waals surface area contributed by atoms with Gasteiger partial charge in [0.1, 0.15) is 0 Å². The van der Waals surface area contributed by atoms with Gasteiger partial charge in [-0.25, -0.2) is 0 Å². The fraction of sp³-hybridized carbons (Fsp3) is 0.853. The van der Waals surface area contributed by atoms with Crippen LogP contribution >= 0.6 is 0 Å². The Morgan fingerprint density at radius 3 is 1.63 bits per heavy atom. The summed E-state index contributed by atoms with van der Waals surface area (Å²) in [5.41, 5.74) is 0. The first-order valence-electron chi connectivity index (χ1n) is 16.5. The smallest absolute Gasteiger partial charge is 0.220 e. The molecule has 0 aliphatic rings. The molecule has 224 valence electrons. The molecule has 0 fully saturated rings. The predicted octanol–water partition coefficient (Wildman–Crippen LogP) is 9.34. The van der Waals surface area contributed by atoms with E-state index in [1.165, 1.54) is 96.3 Å². The molecule has 0 radical (unpaired) electrons. The summed E-state index contributed by atoms with van der Waals surface area (Å²) >= 11 is 0. The van der Waals surface area contributed by atoms with Gasteiger partial charge in [-0.15, -0.1) is 0 Å². The molecule has 4 heteroatoms. The van der Waals surface area contributed by atoms with E-state index in [0.717, 1.165) is 44.9 Å². The molecule has 0 aromatic heterocycles. The van der Waals surface area contributed by atoms with E-state index in [1.807, 2.05) is 0 Å². The summed E-state index contributed by atoms with van der Waals surface area (Å²) in [7, 11) is 0. The molecular formula is C34H65NO3. The monoisotopic (exact) mass is 535 g/mol. The van der Waals surface area contributed by atoms with Crippen molar-refractivity contribution in [2.75, 3.05) is 6.61 Å². The Kier molecular flexibility index (Phi) is 29.5. The molecule has 38 heavy (non-hydrogen) atoms. The Bertz CT molecular complexity index is 546. The van der Waals surface area contributed by atoms with Crippen molar-refractivity contribution in [1.29, 1.82) is 0 Å². The van der Waals surface area contributed by atoms with Crippen LogP contribution < -0.4 is 5.32 Å². The molecule has 1 amide bonds. The third kappa shape index (κ3) is 26.5. The third-order valence-corrected chi connectivity index (χ3v) is 7.47. The van der Waals surface area contributed by atoms with Crippen molar-refractivity contribution in [3.05, 3.63) is 24.3 Å². The topological polar surface area (TPSA) is 69.6 Å². The van der Waals surface area contributed by atoms with Crippen molar-refractivity contribution in [2.24, 2.45) is 0 Å². The first-order valence-corrected chi connectivity index (χ1v) is 16.5. The molecule has 0 aromatic carbocycles. The standard InChI is InChI=1S/C34H65NO3/c1-3-5-7-9-11-13-15-16-17-18-20-22-24-26-28-30-34(38)35-32(31-36)33(37)29-27-25-23-21-19-14-12-10-8-6-4-2/h11,13,16-17,32-33,36-37H,3-10,12,14-15,18-31H2,1-2H3,(H,35,38). The number of rotatable bonds is 29. The van der Waals surface area contributed by atoms with Crippen molar-refractivity contribution in [3.8, 4) is 0 Å². The lowest BCUT2D eigenvalue weighted by molar-refractivity contribution is -0.123. The minimum Gasteiger partial charge on any atom is -0.394 e. The lowest BCUT2D eigenvalue weighted by atomic mass is 10.0. The highest BCUT2D eigenvalue weighted by atomic mass is 16.3. The largest absolute Gasteiger partial charge is 0.394 e. The van der Waals surface area contributed by atoms with E-state index in [4.69, 9.17) is 0 Å². The molecule has 0 aromatic rings. The second-order valence-electron chi connectivity index (χ2n) is 11.2. The molecule has 2 atom stereocenters. The summed E-state index contributed by atoms with van der Waals surface area (Å²) in [4.78, 5) is 12.3. The molecule has 0 aliphatic heterocycles. The molecule has 3 N–H and O–H groups in total. The van der Waals surface area contributed by atoms with Crippen LogP contribution in [0.4, 0.5) is 0 Å². The van der Waals surface area contributed by atoms with Crippen molar-refractivity contribution in [2.45, 2.75) is 180 Å². The highest BCUT2D eigenvalue weighted by Crippen LogP contribution is 2.14. The second-order valence-corrected chi connectivity index (χ2v) is 11.2. The SMILES string of the molecule is CCCCCC=CCC=CCCCCCCCC(=O)NC(CO)C(O)CCCCCCCCCCCCC. The summed E-state index contributed by atoms with van der Waals surface area (Å²) in [6.07, 6.45) is 36.4. The number of allylic oxidation sites excluding steroid dienone is 4. The van der Waals surface area contributed by atoms with E-state index in [1.54, 1.807) is 0 Å². The Balaban J connectivity index is 3.63. The van der Waals surface area contributed by atoms with E-state index >= 15 is 0 Å². The van der Waals surface area contributed by atoms with Gasteiger partial charge in [0.2, 0.25) is 5.91 Å². The van der Waals surface area contributed by atoms with Gasteiger partial charge in [0.15, 0.2) is 0 Å². The third-order valence-electron chi connectivity index (χ3n) is 7.47. The highest BCUT2D eigenvalue weighted by Gasteiger charge is 2.19. The molecule has 0 rings (SSSR count). The van der Waals surface area contributed by atoms with Crippen LogP contribution in [-0.4, -0.2) is 34.9 Å². The van der Waals surface area contributed by atoms with Crippen molar-refractivity contribution in [1.82, 2.24) is 5.32 Å². The number of hydrogen-bond donors (Lipinski definition) is 3. The van der Waals surface area contributed by atoms with Gasteiger partial charge in [-0.3, -0.25) is 4.79 Å². The van der Waals surface area contributed by atoms with E-state index in [9.17, 15) is 15.0 Å². The van der Waals surface area contributed by atoms with Crippen LogP contribution in [0.2, 0.25) is 0 Å². The van der Waals surface area contributed by atoms with E-state index in [2.05, 4.69) is 43.5 Å². The summed E-state index contributed by atoms with van der Waals surface area (Å²) in [5.74, 6) is -0.0484. The Hall–Kier alpha value is -1.13. The number of carbonyl (C=O) groups excluding carboxylic acids is 1. The molecule has 0 spiro atoms. The fourth-order valence-corrected chi connectivity index (χ4v) is 4.86. The molecule has 0 aliphatic carbocycles. The normalized spacial score (nSPS) is 13.5. The molecular weight excluding hydrogens is 470 g/mol. The fourth-order valence-electron chi connectivity index (χ4n) is 4.86. The van der Waals surface area contributed by atoms with Gasteiger partial charge in [-0.05, 0) is 44.9 Å². The zero-order valence-corrected chi connectivity index (χ0v) is 25.4. The minimum atomic E-state index is -0.660. The molecule has 4 nitrogen and oxygen atoms in total. The zero-order chi connectivity index (χ0) is 27.9. The lowest BCUT2D eigenvalue weighted by Crippen LogP contribution is -2.45. The van der Waals surface area contributed by atoms with E-state index in [0.29, 0.717) is 12.8 Å². The van der Waals surface area contributed by atoms with Gasteiger partial charge in [0.05, 0.1) is 18.8 Å². The summed E-state index contributed by atoms with van der Waals surface area (Å²) < 4.78 is 0. The number of hydrogen-bond acceptors (Lipinski definition) is 3. The van der Waals surface area contributed by atoms with Crippen molar-refractivity contribution >= 4 is 5.91 Å². The van der Waals surface area contributed by atoms with Crippen LogP contribution in [-0.2, 0) is 4.79 Å². The predicted molar refractivity (Wildman–Crippen MR) is 165 cm³/mol. The second kappa shape index (κ2) is 30.4. The summed E-state index contributed by atoms with van der Waals surface area (Å²) in [5, 5.41) is 22.9. The molecule has 0 saturated carbocycles. The van der Waals surface area contributed by atoms with Crippen LogP contribution in [0.5, 0.6) is 0 Å². The number of carbonyl (C=O) groups is 1. The zero-order valence-electron chi connectivity index (χ0n) is 25.4. The lowest BCUT2D eigenvalue weighted by Gasteiger charge is -2.22. The average molecular weight is 536 g/mol. The number of aliphatic hydroxyl groups is 2. The van der Waals surface area contributed by atoms with Gasteiger partial charge in [0, 0.05) is 6.42 Å². The van der Waals surface area contributed by atoms with Crippen LogP contribution in [0.1, 0.15) is 168 Å². The number of amides is 1. The summed E-state index contributed by atoms with van der Waals surface area (Å²) in [6, 6.07) is -0.538. The van der Waals surface area contributed by atoms with Crippen LogP contribution in [0.25, 0.3) is 0 Å². The van der Waals surface area contributed by atoms with Crippen LogP contribution in [0, 0.1) is 0 Å². The van der Waals surface area contributed by atoms with Gasteiger partial charge >= 0.3 is 0 Å². The van der Waals surface area contributed by atoms with Crippen LogP contribution in [0.3, 0.4) is 0 Å². The van der Waals surface area contributed by atoms with Crippen molar-refractivity contribution < 1.29 is 15.0 Å². The van der Waals surface area contributed by atoms with E-state index in [-0.39, 0.29) is 12.5 Å². The Morgan fingerprint density at radius 1 is 0.632 bits per heavy atom. The van der Waals surface area contributed by atoms with E-state index < -0.39 is 12.1 Å². The minimum absolute atomic E-state index is 0.0484. The van der Waals surface area contributed by atoms with Crippen LogP contribution in [0.15, 0.2) is 24.3 Å². The summed E-state index contributed by atoms with van der Waals surface area (Å²) in [6.45, 7) is 4.30. The highest BCUT2D eigenvalue weighted by molar-refractivity contribution is 5.76. The van der Waals surface area contributed by atoms with Gasteiger partial charge in [-0.1, -0.05) is 141 Å². The molecule has 2 unspecified atom stereocenters. The maximum Gasteiger partial charge on any atom is 0.220 e. The first kappa shape index (κ1) is 36.9. The quantitative estimate of drug-likeness (QED) is 0.0660. The Morgan fingerprint density at radius 2 is 1.08 bits per heavy atom. The average Bonchev–Trinajstić information content (AvgIpc) is 2.92. The maximum atomic E-state index is 12.3. The Labute approximate surface area is 237 Å². The molecule has 0 heterocycles.